The summed E-state index contributed by atoms with van der Waals surface area (Å²) in [6.07, 6.45) is -0.659. The number of benzene rings is 2. The second-order valence-corrected chi connectivity index (χ2v) is 7.39. The summed E-state index contributed by atoms with van der Waals surface area (Å²) in [4.78, 5) is 0.649. The number of rotatable bonds is 4. The molecule has 0 spiro atoms. The summed E-state index contributed by atoms with van der Waals surface area (Å²) in [5.41, 5.74) is 2.00. The minimum Gasteiger partial charge on any atom is -0.390 e. The van der Waals surface area contributed by atoms with Crippen LogP contribution in [0.5, 0.6) is 0 Å². The first-order valence-corrected chi connectivity index (χ1v) is 9.24. The van der Waals surface area contributed by atoms with Crippen LogP contribution in [0.1, 0.15) is 31.0 Å². The second-order valence-electron chi connectivity index (χ2n) is 6.98. The van der Waals surface area contributed by atoms with Crippen molar-refractivity contribution in [3.8, 4) is 0 Å². The van der Waals surface area contributed by atoms with E-state index >= 15 is 0 Å². The third kappa shape index (κ3) is 4.68. The predicted octanol–water partition coefficient (Wildman–Crippen LogP) is 3.45. The SMILES string of the molecule is CC1(C)OC[C@@H]([C@@H](NC(=S)c2ccccc2)c2ccccc2)[C@H](O)CO1. The zero-order chi connectivity index (χ0) is 18.6. The predicted molar refractivity (Wildman–Crippen MR) is 106 cm³/mol. The molecule has 0 radical (unpaired) electrons. The van der Waals surface area contributed by atoms with Crippen LogP contribution < -0.4 is 5.32 Å². The third-order valence-electron chi connectivity index (χ3n) is 4.63. The molecule has 4 nitrogen and oxygen atoms in total. The first kappa shape index (κ1) is 19.0. The van der Waals surface area contributed by atoms with E-state index in [1.165, 1.54) is 0 Å². The van der Waals surface area contributed by atoms with Crippen LogP contribution >= 0.6 is 12.2 Å². The smallest absolute Gasteiger partial charge is 0.162 e. The molecule has 138 valence electrons. The van der Waals surface area contributed by atoms with Crippen molar-refractivity contribution in [1.29, 1.82) is 0 Å². The summed E-state index contributed by atoms with van der Waals surface area (Å²) < 4.78 is 11.6. The van der Waals surface area contributed by atoms with Crippen LogP contribution in [0, 0.1) is 5.92 Å². The summed E-state index contributed by atoms with van der Waals surface area (Å²) in [5.74, 6) is -0.905. The van der Waals surface area contributed by atoms with Gasteiger partial charge in [0, 0.05) is 11.5 Å². The normalized spacial score (nSPS) is 23.7. The van der Waals surface area contributed by atoms with Gasteiger partial charge in [0.2, 0.25) is 0 Å². The fourth-order valence-electron chi connectivity index (χ4n) is 3.09. The van der Waals surface area contributed by atoms with Gasteiger partial charge in [-0.15, -0.1) is 0 Å². The Kier molecular flexibility index (Phi) is 6.04. The summed E-state index contributed by atoms with van der Waals surface area (Å²) in [6.45, 7) is 4.32. The molecule has 26 heavy (non-hydrogen) atoms. The molecule has 1 heterocycles. The van der Waals surface area contributed by atoms with Crippen LogP contribution in [0.15, 0.2) is 60.7 Å². The van der Waals surface area contributed by atoms with Crippen LogP contribution in [0.2, 0.25) is 0 Å². The van der Waals surface area contributed by atoms with Crippen molar-refractivity contribution in [3.05, 3.63) is 71.8 Å². The van der Waals surface area contributed by atoms with Gasteiger partial charge < -0.3 is 19.9 Å². The van der Waals surface area contributed by atoms with Crippen LogP contribution in [0.4, 0.5) is 0 Å². The maximum Gasteiger partial charge on any atom is 0.162 e. The Bertz CT molecular complexity index is 721. The standard InChI is InChI=1S/C21H25NO3S/c1-21(2)24-13-17(18(23)14-25-21)19(15-9-5-3-6-10-15)22-20(26)16-11-7-4-8-12-16/h3-12,17-19,23H,13-14H2,1-2H3,(H,22,26)/t17-,18-,19+/m1/s1. The lowest BCUT2D eigenvalue weighted by Gasteiger charge is -2.31. The first-order valence-electron chi connectivity index (χ1n) is 8.83. The van der Waals surface area contributed by atoms with E-state index in [1.807, 2.05) is 74.5 Å². The highest BCUT2D eigenvalue weighted by Gasteiger charge is 2.37. The number of aliphatic hydroxyl groups excluding tert-OH is 1. The van der Waals surface area contributed by atoms with Crippen LogP contribution in [-0.2, 0) is 9.47 Å². The monoisotopic (exact) mass is 371 g/mol. The lowest BCUT2D eigenvalue weighted by molar-refractivity contribution is -0.204. The fourth-order valence-corrected chi connectivity index (χ4v) is 3.35. The Balaban J connectivity index is 1.87. The molecule has 3 rings (SSSR count). The molecular formula is C21H25NO3S. The molecule has 0 aromatic heterocycles. The van der Waals surface area contributed by atoms with E-state index in [0.717, 1.165) is 11.1 Å². The molecule has 2 aromatic carbocycles. The Labute approximate surface area is 160 Å². The summed E-state index contributed by atoms with van der Waals surface area (Å²) in [6, 6.07) is 19.7. The van der Waals surface area contributed by atoms with E-state index in [1.54, 1.807) is 0 Å². The highest BCUT2D eigenvalue weighted by Crippen LogP contribution is 2.31. The molecule has 1 saturated heterocycles. The molecule has 0 bridgehead atoms. The third-order valence-corrected chi connectivity index (χ3v) is 4.98. The Morgan fingerprint density at radius 1 is 1.04 bits per heavy atom. The molecule has 2 N–H and O–H groups in total. The van der Waals surface area contributed by atoms with Crippen molar-refractivity contribution in [1.82, 2.24) is 5.32 Å². The lowest BCUT2D eigenvalue weighted by Crippen LogP contribution is -2.41. The summed E-state index contributed by atoms with van der Waals surface area (Å²) >= 11 is 5.62. The Morgan fingerprint density at radius 2 is 1.62 bits per heavy atom. The van der Waals surface area contributed by atoms with Crippen molar-refractivity contribution in [2.24, 2.45) is 5.92 Å². The summed E-state index contributed by atoms with van der Waals surface area (Å²) in [5, 5.41) is 14.1. The van der Waals surface area contributed by atoms with Gasteiger partial charge in [-0.2, -0.15) is 0 Å². The first-order chi connectivity index (χ1) is 12.5. The number of aliphatic hydroxyl groups is 1. The van der Waals surface area contributed by atoms with Crippen molar-refractivity contribution in [3.63, 3.8) is 0 Å². The van der Waals surface area contributed by atoms with Gasteiger partial charge in [-0.1, -0.05) is 72.9 Å². The van der Waals surface area contributed by atoms with Crippen molar-refractivity contribution in [2.45, 2.75) is 31.8 Å². The number of nitrogens with one attached hydrogen (secondary N) is 1. The van der Waals surface area contributed by atoms with Crippen LogP contribution in [-0.4, -0.2) is 35.2 Å². The number of thiocarbonyl (C=S) groups is 1. The molecule has 5 heteroatoms. The maximum atomic E-state index is 10.7. The molecule has 0 saturated carbocycles. The highest BCUT2D eigenvalue weighted by molar-refractivity contribution is 7.80. The van der Waals surface area contributed by atoms with Gasteiger partial charge in [0.25, 0.3) is 0 Å². The second kappa shape index (κ2) is 8.27. The minimum absolute atomic E-state index is 0.184. The quantitative estimate of drug-likeness (QED) is 0.806. The van der Waals surface area contributed by atoms with E-state index in [9.17, 15) is 5.11 Å². The minimum atomic E-state index is -0.711. The average Bonchev–Trinajstić information content (AvgIpc) is 2.79. The molecule has 1 aliphatic rings. The van der Waals surface area contributed by atoms with Crippen LogP contribution in [0.3, 0.4) is 0 Å². The molecule has 2 aromatic rings. The van der Waals surface area contributed by atoms with Crippen molar-refractivity contribution >= 4 is 17.2 Å². The number of hydrogen-bond donors (Lipinski definition) is 2. The highest BCUT2D eigenvalue weighted by atomic mass is 32.1. The Morgan fingerprint density at radius 3 is 2.27 bits per heavy atom. The summed E-state index contributed by atoms with van der Waals surface area (Å²) in [7, 11) is 0. The Hall–Kier alpha value is -1.79. The molecule has 1 aliphatic heterocycles. The number of ether oxygens (including phenoxy) is 2. The molecular weight excluding hydrogens is 346 g/mol. The van der Waals surface area contributed by atoms with E-state index in [2.05, 4.69) is 5.32 Å². The van der Waals surface area contributed by atoms with E-state index < -0.39 is 11.9 Å². The fraction of sp³-hybridized carbons (Fsp3) is 0.381. The largest absolute Gasteiger partial charge is 0.390 e. The van der Waals surface area contributed by atoms with Gasteiger partial charge in [-0.25, -0.2) is 0 Å². The lowest BCUT2D eigenvalue weighted by atomic mass is 9.89. The van der Waals surface area contributed by atoms with E-state index in [4.69, 9.17) is 21.7 Å². The average molecular weight is 372 g/mol. The maximum absolute atomic E-state index is 10.7. The molecule has 0 unspecified atom stereocenters. The topological polar surface area (TPSA) is 50.7 Å². The van der Waals surface area contributed by atoms with E-state index in [0.29, 0.717) is 11.6 Å². The van der Waals surface area contributed by atoms with Crippen LogP contribution in [0.25, 0.3) is 0 Å². The van der Waals surface area contributed by atoms with Gasteiger partial charge in [0.05, 0.1) is 25.4 Å². The number of hydrogen-bond acceptors (Lipinski definition) is 4. The van der Waals surface area contributed by atoms with E-state index in [-0.39, 0.29) is 18.6 Å². The zero-order valence-electron chi connectivity index (χ0n) is 15.1. The van der Waals surface area contributed by atoms with Gasteiger partial charge in [0.15, 0.2) is 5.79 Å². The van der Waals surface area contributed by atoms with Gasteiger partial charge >= 0.3 is 0 Å². The van der Waals surface area contributed by atoms with Gasteiger partial charge in [-0.3, -0.25) is 0 Å². The zero-order valence-corrected chi connectivity index (χ0v) is 15.9. The molecule has 3 atom stereocenters. The molecule has 1 fully saturated rings. The van der Waals surface area contributed by atoms with Gasteiger partial charge in [0.1, 0.15) is 4.99 Å². The molecule has 0 amide bonds. The van der Waals surface area contributed by atoms with Crippen molar-refractivity contribution < 1.29 is 14.6 Å². The molecule has 0 aliphatic carbocycles. The van der Waals surface area contributed by atoms with Gasteiger partial charge in [-0.05, 0) is 19.4 Å². The van der Waals surface area contributed by atoms with Crippen molar-refractivity contribution in [2.75, 3.05) is 13.2 Å².